The zero-order chi connectivity index (χ0) is 19.8. The maximum absolute atomic E-state index is 13.1. The van der Waals surface area contributed by atoms with Crippen LogP contribution in [0.1, 0.15) is 59.5 Å². The van der Waals surface area contributed by atoms with Crippen LogP contribution < -0.4 is 10.1 Å². The summed E-state index contributed by atoms with van der Waals surface area (Å²) in [6.07, 6.45) is -0.693. The molecule has 0 aromatic heterocycles. The lowest BCUT2D eigenvalue weighted by Gasteiger charge is -2.42. The van der Waals surface area contributed by atoms with Gasteiger partial charge in [-0.15, -0.1) is 0 Å². The van der Waals surface area contributed by atoms with Crippen molar-refractivity contribution in [3.63, 3.8) is 0 Å². The van der Waals surface area contributed by atoms with Gasteiger partial charge >= 0.3 is 0 Å². The van der Waals surface area contributed by atoms with Crippen LogP contribution in [-0.4, -0.2) is 28.5 Å². The number of carbonyl (C=O) groups is 2. The van der Waals surface area contributed by atoms with Crippen LogP contribution in [0.2, 0.25) is 0 Å². The lowest BCUT2D eigenvalue weighted by molar-refractivity contribution is -0.0627. The maximum Gasteiger partial charge on any atom is 0.251 e. The first-order chi connectivity index (χ1) is 12.7. The number of rotatable bonds is 4. The number of ether oxygens (including phenoxy) is 1. The van der Waals surface area contributed by atoms with Gasteiger partial charge in [0.2, 0.25) is 0 Å². The fraction of sp³-hybridized carbons (Fsp3) is 0.333. The van der Waals surface area contributed by atoms with Crippen LogP contribution in [-0.2, 0) is 0 Å². The van der Waals surface area contributed by atoms with Gasteiger partial charge in [0.05, 0.1) is 6.04 Å². The van der Waals surface area contributed by atoms with Gasteiger partial charge in [-0.2, -0.15) is 0 Å². The van der Waals surface area contributed by atoms with Crippen LogP contribution in [0, 0.1) is 5.82 Å². The highest BCUT2D eigenvalue weighted by atomic mass is 19.1. The van der Waals surface area contributed by atoms with E-state index in [0.29, 0.717) is 23.3 Å². The van der Waals surface area contributed by atoms with Crippen molar-refractivity contribution >= 4 is 11.7 Å². The summed E-state index contributed by atoms with van der Waals surface area (Å²) in [7, 11) is 0. The minimum absolute atomic E-state index is 0.0410. The van der Waals surface area contributed by atoms with Crippen molar-refractivity contribution in [2.45, 2.75) is 44.9 Å². The van der Waals surface area contributed by atoms with Crippen molar-refractivity contribution in [2.24, 2.45) is 0 Å². The first kappa shape index (κ1) is 19.0. The Morgan fingerprint density at radius 3 is 2.41 bits per heavy atom. The summed E-state index contributed by atoms with van der Waals surface area (Å²) < 4.78 is 19.0. The molecule has 27 heavy (non-hydrogen) atoms. The van der Waals surface area contributed by atoms with Gasteiger partial charge in [-0.25, -0.2) is 4.39 Å². The van der Waals surface area contributed by atoms with Gasteiger partial charge < -0.3 is 15.2 Å². The number of aliphatic hydroxyl groups is 1. The predicted octanol–water partition coefficient (Wildman–Crippen LogP) is 3.42. The van der Waals surface area contributed by atoms with Crippen LogP contribution in [0.25, 0.3) is 0 Å². The molecule has 1 amide bonds. The number of fused-ring (bicyclic) bond motifs is 1. The normalized spacial score (nSPS) is 20.3. The Morgan fingerprint density at radius 2 is 1.78 bits per heavy atom. The van der Waals surface area contributed by atoms with Crippen LogP contribution in [0.15, 0.2) is 42.5 Å². The number of carbonyl (C=O) groups excluding carboxylic acids is 2. The molecule has 0 saturated carbocycles. The van der Waals surface area contributed by atoms with E-state index in [0.717, 1.165) is 0 Å². The zero-order valence-corrected chi connectivity index (χ0v) is 15.5. The zero-order valence-electron chi connectivity index (χ0n) is 15.5. The van der Waals surface area contributed by atoms with Crippen LogP contribution in [0.3, 0.4) is 0 Å². The van der Waals surface area contributed by atoms with Crippen molar-refractivity contribution < 1.29 is 23.8 Å². The predicted molar refractivity (Wildman–Crippen MR) is 98.4 cm³/mol. The van der Waals surface area contributed by atoms with Crippen LogP contribution in [0.5, 0.6) is 5.75 Å². The van der Waals surface area contributed by atoms with E-state index in [2.05, 4.69) is 5.32 Å². The lowest BCUT2D eigenvalue weighted by atomic mass is 9.85. The van der Waals surface area contributed by atoms with E-state index >= 15 is 0 Å². The van der Waals surface area contributed by atoms with Crippen molar-refractivity contribution in [3.8, 4) is 5.75 Å². The first-order valence-corrected chi connectivity index (χ1v) is 8.83. The number of halogens is 1. The molecule has 2 atom stereocenters. The third kappa shape index (κ3) is 3.71. The summed E-state index contributed by atoms with van der Waals surface area (Å²) in [6, 6.07) is 9.39. The second-order valence-electron chi connectivity index (χ2n) is 7.14. The molecule has 2 aromatic rings. The number of aliphatic hydroxyl groups excluding tert-OH is 1. The molecule has 0 fully saturated rings. The average Bonchev–Trinajstić information content (AvgIpc) is 2.64. The van der Waals surface area contributed by atoms with E-state index in [4.69, 9.17) is 4.74 Å². The van der Waals surface area contributed by atoms with E-state index < -0.39 is 29.5 Å². The molecule has 1 aliphatic heterocycles. The fourth-order valence-electron chi connectivity index (χ4n) is 3.16. The minimum Gasteiger partial charge on any atom is -0.485 e. The molecule has 2 unspecified atom stereocenters. The molecular weight excluding hydrogens is 349 g/mol. The van der Waals surface area contributed by atoms with Gasteiger partial charge in [-0.1, -0.05) is 6.92 Å². The summed E-state index contributed by atoms with van der Waals surface area (Å²) in [5, 5.41) is 13.6. The Hall–Kier alpha value is -2.73. The third-order valence-electron chi connectivity index (χ3n) is 4.78. The first-order valence-electron chi connectivity index (χ1n) is 8.83. The van der Waals surface area contributed by atoms with E-state index in [9.17, 15) is 19.1 Å². The quantitative estimate of drug-likeness (QED) is 0.808. The van der Waals surface area contributed by atoms with Gasteiger partial charge in [0.25, 0.3) is 5.91 Å². The highest BCUT2D eigenvalue weighted by Crippen LogP contribution is 2.40. The van der Waals surface area contributed by atoms with Crippen molar-refractivity contribution in [2.75, 3.05) is 0 Å². The molecule has 142 valence electrons. The Balaban J connectivity index is 1.98. The van der Waals surface area contributed by atoms with E-state index in [-0.39, 0.29) is 11.3 Å². The fourth-order valence-corrected chi connectivity index (χ4v) is 3.16. The topological polar surface area (TPSA) is 75.6 Å². The molecular formula is C21H22FNO4. The molecule has 1 heterocycles. The largest absolute Gasteiger partial charge is 0.485 e. The molecule has 6 heteroatoms. The molecule has 0 radical (unpaired) electrons. The number of hydrogen-bond donors (Lipinski definition) is 2. The Labute approximate surface area is 157 Å². The highest BCUT2D eigenvalue weighted by molar-refractivity contribution is 5.97. The summed E-state index contributed by atoms with van der Waals surface area (Å²) in [5.74, 6) is -0.426. The molecule has 0 saturated heterocycles. The van der Waals surface area contributed by atoms with Crippen LogP contribution >= 0.6 is 0 Å². The number of benzene rings is 2. The Bertz CT molecular complexity index is 876. The van der Waals surface area contributed by atoms with Crippen molar-refractivity contribution in [1.29, 1.82) is 0 Å². The van der Waals surface area contributed by atoms with Gasteiger partial charge in [0.15, 0.2) is 5.78 Å². The number of ketones is 1. The smallest absolute Gasteiger partial charge is 0.251 e. The second-order valence-corrected chi connectivity index (χ2v) is 7.14. The van der Waals surface area contributed by atoms with E-state index in [1.165, 1.54) is 24.3 Å². The maximum atomic E-state index is 13.1. The lowest BCUT2D eigenvalue weighted by Crippen LogP contribution is -2.53. The number of nitrogens with one attached hydrogen (secondary N) is 1. The molecule has 3 rings (SSSR count). The molecule has 0 spiro atoms. The molecule has 0 bridgehead atoms. The Morgan fingerprint density at radius 1 is 1.15 bits per heavy atom. The summed E-state index contributed by atoms with van der Waals surface area (Å²) >= 11 is 0. The Kier molecular flexibility index (Phi) is 5.02. The van der Waals surface area contributed by atoms with Gasteiger partial charge in [-0.05, 0) is 56.3 Å². The minimum atomic E-state index is -1.04. The van der Waals surface area contributed by atoms with Crippen molar-refractivity contribution in [3.05, 3.63) is 65.0 Å². The summed E-state index contributed by atoms with van der Waals surface area (Å²) in [6.45, 7) is 5.22. The number of Topliss-reactive ketones (excluding diaryl/α,β-unsaturated/α-hetero) is 1. The van der Waals surface area contributed by atoms with Gasteiger partial charge in [0, 0.05) is 23.1 Å². The number of hydrogen-bond acceptors (Lipinski definition) is 4. The summed E-state index contributed by atoms with van der Waals surface area (Å²) in [4.78, 5) is 24.7. The van der Waals surface area contributed by atoms with E-state index in [1.807, 2.05) is 0 Å². The van der Waals surface area contributed by atoms with Gasteiger partial charge in [-0.3, -0.25) is 9.59 Å². The molecule has 2 aromatic carbocycles. The van der Waals surface area contributed by atoms with E-state index in [1.54, 1.807) is 39.0 Å². The third-order valence-corrected chi connectivity index (χ3v) is 4.78. The highest BCUT2D eigenvalue weighted by Gasteiger charge is 2.43. The molecule has 2 N–H and O–H groups in total. The second kappa shape index (κ2) is 7.12. The molecule has 0 aliphatic carbocycles. The average molecular weight is 371 g/mol. The molecule has 5 nitrogen and oxygen atoms in total. The molecule has 1 aliphatic rings. The number of amides is 1. The van der Waals surface area contributed by atoms with Crippen LogP contribution in [0.4, 0.5) is 4.39 Å². The SMILES string of the molecule is CCC(=O)c1ccc2c(c1)C(NC(=O)c1ccc(F)cc1)C(O)C(C)(C)O2. The van der Waals surface area contributed by atoms with Gasteiger partial charge in [0.1, 0.15) is 23.3 Å². The monoisotopic (exact) mass is 371 g/mol. The summed E-state index contributed by atoms with van der Waals surface area (Å²) in [5.41, 5.74) is 0.365. The van der Waals surface area contributed by atoms with Crippen molar-refractivity contribution in [1.82, 2.24) is 5.32 Å². The standard InChI is InChI=1S/C21H22FNO4/c1-4-16(24)13-7-10-17-15(11-13)18(19(25)21(2,3)27-17)23-20(26)12-5-8-14(22)9-6-12/h5-11,18-19,25H,4H2,1-3H3,(H,23,26).